The zero-order valence-corrected chi connectivity index (χ0v) is 11.3. The van der Waals surface area contributed by atoms with E-state index >= 15 is 0 Å². The Kier molecular flexibility index (Phi) is 3.24. The molecule has 0 bridgehead atoms. The monoisotopic (exact) mass is 250 g/mol. The number of thiophene rings is 1. The van der Waals surface area contributed by atoms with Gasteiger partial charge in [0.25, 0.3) is 0 Å². The molecule has 1 saturated carbocycles. The van der Waals surface area contributed by atoms with Crippen molar-refractivity contribution in [3.05, 3.63) is 22.4 Å². The smallest absolute Gasteiger partial charge is 0.0470 e. The van der Waals surface area contributed by atoms with Crippen molar-refractivity contribution in [3.8, 4) is 0 Å². The molecule has 2 nitrogen and oxygen atoms in total. The van der Waals surface area contributed by atoms with E-state index in [1.54, 1.807) is 4.88 Å². The zero-order valence-electron chi connectivity index (χ0n) is 10.5. The summed E-state index contributed by atoms with van der Waals surface area (Å²) in [7, 11) is 0. The SMILES string of the molecule is CC1CCN(C(c2cccs2)C2CC2)CC1N. The van der Waals surface area contributed by atoms with Gasteiger partial charge >= 0.3 is 0 Å². The first-order chi connectivity index (χ1) is 8.25. The Morgan fingerprint density at radius 3 is 2.82 bits per heavy atom. The van der Waals surface area contributed by atoms with E-state index in [1.165, 1.54) is 25.8 Å². The van der Waals surface area contributed by atoms with Gasteiger partial charge in [0.15, 0.2) is 0 Å². The molecule has 94 valence electrons. The van der Waals surface area contributed by atoms with E-state index in [9.17, 15) is 0 Å². The number of likely N-dealkylation sites (tertiary alicyclic amines) is 1. The third-order valence-electron chi connectivity index (χ3n) is 4.34. The van der Waals surface area contributed by atoms with E-state index in [1.807, 2.05) is 11.3 Å². The van der Waals surface area contributed by atoms with Crippen LogP contribution in [-0.4, -0.2) is 24.0 Å². The molecular formula is C14H22N2S. The highest BCUT2D eigenvalue weighted by Gasteiger charge is 2.39. The topological polar surface area (TPSA) is 29.3 Å². The van der Waals surface area contributed by atoms with Gasteiger partial charge in [-0.2, -0.15) is 0 Å². The molecular weight excluding hydrogens is 228 g/mol. The molecule has 1 aromatic rings. The maximum Gasteiger partial charge on any atom is 0.0470 e. The van der Waals surface area contributed by atoms with Crippen molar-refractivity contribution in [1.29, 1.82) is 0 Å². The van der Waals surface area contributed by atoms with Crippen LogP contribution in [0.2, 0.25) is 0 Å². The summed E-state index contributed by atoms with van der Waals surface area (Å²) in [6.45, 7) is 4.60. The van der Waals surface area contributed by atoms with E-state index < -0.39 is 0 Å². The minimum atomic E-state index is 0.366. The first kappa shape index (κ1) is 11.7. The highest BCUT2D eigenvalue weighted by molar-refractivity contribution is 7.10. The molecule has 0 amide bonds. The Morgan fingerprint density at radius 2 is 2.24 bits per heavy atom. The van der Waals surface area contributed by atoms with Crippen molar-refractivity contribution in [2.75, 3.05) is 13.1 Å². The van der Waals surface area contributed by atoms with Gasteiger partial charge in [0, 0.05) is 23.5 Å². The van der Waals surface area contributed by atoms with Gasteiger partial charge in [0.1, 0.15) is 0 Å². The standard InChI is InChI=1S/C14H22N2S/c1-10-6-7-16(9-12(10)15)14(11-4-5-11)13-3-2-8-17-13/h2-3,8,10-12,14H,4-7,9,15H2,1H3. The summed E-state index contributed by atoms with van der Waals surface area (Å²) < 4.78 is 0. The Balaban J connectivity index is 1.76. The largest absolute Gasteiger partial charge is 0.326 e. The van der Waals surface area contributed by atoms with Crippen LogP contribution in [0.25, 0.3) is 0 Å². The highest BCUT2D eigenvalue weighted by Crippen LogP contribution is 2.46. The van der Waals surface area contributed by atoms with Gasteiger partial charge in [0.05, 0.1) is 0 Å². The zero-order chi connectivity index (χ0) is 11.8. The van der Waals surface area contributed by atoms with Crippen molar-refractivity contribution in [2.45, 2.75) is 38.3 Å². The molecule has 2 fully saturated rings. The summed E-state index contributed by atoms with van der Waals surface area (Å²) in [5, 5.41) is 2.21. The van der Waals surface area contributed by atoms with Gasteiger partial charge in [0.2, 0.25) is 0 Å². The molecule has 2 N–H and O–H groups in total. The Morgan fingerprint density at radius 1 is 1.41 bits per heavy atom. The lowest BCUT2D eigenvalue weighted by molar-refractivity contribution is 0.109. The number of hydrogen-bond donors (Lipinski definition) is 1. The molecule has 3 unspecified atom stereocenters. The normalized spacial score (nSPS) is 32.6. The molecule has 3 atom stereocenters. The third kappa shape index (κ3) is 2.42. The number of hydrogen-bond acceptors (Lipinski definition) is 3. The Hall–Kier alpha value is -0.380. The van der Waals surface area contributed by atoms with E-state index in [0.29, 0.717) is 18.0 Å². The summed E-state index contributed by atoms with van der Waals surface area (Å²) >= 11 is 1.91. The van der Waals surface area contributed by atoms with Crippen LogP contribution in [0.5, 0.6) is 0 Å². The van der Waals surface area contributed by atoms with Crippen LogP contribution in [0.3, 0.4) is 0 Å². The van der Waals surface area contributed by atoms with E-state index in [0.717, 1.165) is 12.5 Å². The lowest BCUT2D eigenvalue weighted by Crippen LogP contribution is -2.49. The predicted octanol–water partition coefficient (Wildman–Crippen LogP) is 2.87. The second-order valence-electron chi connectivity index (χ2n) is 5.72. The van der Waals surface area contributed by atoms with Crippen LogP contribution in [0.1, 0.15) is 37.1 Å². The minimum absolute atomic E-state index is 0.366. The average Bonchev–Trinajstić information content (AvgIpc) is 2.99. The third-order valence-corrected chi connectivity index (χ3v) is 5.29. The Labute approximate surface area is 108 Å². The van der Waals surface area contributed by atoms with Crippen LogP contribution in [0, 0.1) is 11.8 Å². The van der Waals surface area contributed by atoms with Gasteiger partial charge in [-0.05, 0) is 49.1 Å². The molecule has 1 aliphatic carbocycles. The van der Waals surface area contributed by atoms with Crippen LogP contribution in [-0.2, 0) is 0 Å². The molecule has 3 rings (SSSR count). The average molecular weight is 250 g/mol. The second-order valence-corrected chi connectivity index (χ2v) is 6.70. The minimum Gasteiger partial charge on any atom is -0.326 e. The summed E-state index contributed by atoms with van der Waals surface area (Å²) in [5.74, 6) is 1.59. The van der Waals surface area contributed by atoms with Crippen LogP contribution < -0.4 is 5.73 Å². The molecule has 2 aliphatic rings. The lowest BCUT2D eigenvalue weighted by Gasteiger charge is -2.40. The lowest BCUT2D eigenvalue weighted by atomic mass is 9.92. The molecule has 0 radical (unpaired) electrons. The predicted molar refractivity (Wildman–Crippen MR) is 73.1 cm³/mol. The van der Waals surface area contributed by atoms with Crippen molar-refractivity contribution < 1.29 is 0 Å². The fraction of sp³-hybridized carbons (Fsp3) is 0.714. The maximum absolute atomic E-state index is 6.24. The fourth-order valence-corrected chi connectivity index (χ4v) is 3.91. The van der Waals surface area contributed by atoms with Crippen molar-refractivity contribution in [2.24, 2.45) is 17.6 Å². The number of piperidine rings is 1. The highest BCUT2D eigenvalue weighted by atomic mass is 32.1. The summed E-state index contributed by atoms with van der Waals surface area (Å²) in [6.07, 6.45) is 4.07. The van der Waals surface area contributed by atoms with Gasteiger partial charge in [-0.3, -0.25) is 4.90 Å². The van der Waals surface area contributed by atoms with Gasteiger partial charge in [-0.15, -0.1) is 11.3 Å². The Bertz CT molecular complexity index is 358. The molecule has 1 aliphatic heterocycles. The van der Waals surface area contributed by atoms with Crippen molar-refractivity contribution in [1.82, 2.24) is 4.90 Å². The molecule has 3 heteroatoms. The summed E-state index contributed by atoms with van der Waals surface area (Å²) in [5.41, 5.74) is 6.24. The van der Waals surface area contributed by atoms with Crippen LogP contribution in [0.15, 0.2) is 17.5 Å². The van der Waals surface area contributed by atoms with Gasteiger partial charge < -0.3 is 5.73 Å². The number of nitrogens with two attached hydrogens (primary N) is 1. The molecule has 0 aromatic carbocycles. The molecule has 1 aromatic heterocycles. The maximum atomic E-state index is 6.24. The summed E-state index contributed by atoms with van der Waals surface area (Å²) in [6, 6.07) is 5.51. The van der Waals surface area contributed by atoms with Crippen molar-refractivity contribution in [3.63, 3.8) is 0 Å². The van der Waals surface area contributed by atoms with Crippen LogP contribution >= 0.6 is 11.3 Å². The number of nitrogens with zero attached hydrogens (tertiary/aromatic N) is 1. The van der Waals surface area contributed by atoms with E-state index in [4.69, 9.17) is 5.73 Å². The van der Waals surface area contributed by atoms with Gasteiger partial charge in [-0.25, -0.2) is 0 Å². The van der Waals surface area contributed by atoms with E-state index in [-0.39, 0.29) is 0 Å². The first-order valence-corrected chi connectivity index (χ1v) is 7.66. The molecule has 2 heterocycles. The second kappa shape index (κ2) is 4.71. The first-order valence-electron chi connectivity index (χ1n) is 6.78. The van der Waals surface area contributed by atoms with E-state index in [2.05, 4.69) is 29.3 Å². The number of rotatable bonds is 3. The van der Waals surface area contributed by atoms with Crippen molar-refractivity contribution >= 4 is 11.3 Å². The summed E-state index contributed by atoms with van der Waals surface area (Å²) in [4.78, 5) is 4.20. The molecule has 17 heavy (non-hydrogen) atoms. The van der Waals surface area contributed by atoms with Crippen LogP contribution in [0.4, 0.5) is 0 Å². The molecule has 1 saturated heterocycles. The fourth-order valence-electron chi connectivity index (χ4n) is 2.96. The molecule has 0 spiro atoms. The quantitative estimate of drug-likeness (QED) is 0.894. The van der Waals surface area contributed by atoms with Gasteiger partial charge in [-0.1, -0.05) is 13.0 Å².